The number of benzene rings is 1. The van der Waals surface area contributed by atoms with E-state index in [1.165, 1.54) is 6.42 Å². The summed E-state index contributed by atoms with van der Waals surface area (Å²) in [6, 6.07) is 7.25. The molecule has 98 valence electrons. The molecule has 1 saturated heterocycles. The van der Waals surface area contributed by atoms with Gasteiger partial charge in [-0.05, 0) is 36.8 Å². The fourth-order valence-corrected chi connectivity index (χ4v) is 5.44. The fourth-order valence-electron chi connectivity index (χ4n) is 3.17. The number of sulfonamides is 1. The van der Waals surface area contributed by atoms with E-state index in [1.54, 1.807) is 22.5 Å². The average molecular weight is 286 g/mol. The van der Waals surface area contributed by atoms with E-state index in [-0.39, 0.29) is 11.9 Å². The maximum atomic E-state index is 12.7. The van der Waals surface area contributed by atoms with Crippen molar-refractivity contribution in [3.63, 3.8) is 0 Å². The molecule has 2 unspecified atom stereocenters. The van der Waals surface area contributed by atoms with Crippen molar-refractivity contribution in [1.29, 1.82) is 0 Å². The Hall–Kier alpha value is -0.580. The standard InChI is InChI=1S/C13H16ClNO2S/c14-8-11-3-1-2-4-13(11)18(16,17)15-9-10-5-6-12(15)7-10/h1-4,10,12H,5-9H2. The normalized spacial score (nSPS) is 27.8. The zero-order valence-electron chi connectivity index (χ0n) is 10.0. The summed E-state index contributed by atoms with van der Waals surface area (Å²) in [5.74, 6) is 0.796. The summed E-state index contributed by atoms with van der Waals surface area (Å²) in [6.07, 6.45) is 3.21. The van der Waals surface area contributed by atoms with E-state index in [0.29, 0.717) is 22.9 Å². The third-order valence-corrected chi connectivity index (χ3v) is 6.37. The van der Waals surface area contributed by atoms with Crippen LogP contribution in [0.15, 0.2) is 29.2 Å². The van der Waals surface area contributed by atoms with Gasteiger partial charge in [0.2, 0.25) is 10.0 Å². The molecule has 0 N–H and O–H groups in total. The minimum atomic E-state index is -3.36. The molecule has 1 aromatic rings. The Bertz CT molecular complexity index is 558. The van der Waals surface area contributed by atoms with Crippen molar-refractivity contribution < 1.29 is 8.42 Å². The van der Waals surface area contributed by atoms with Crippen molar-refractivity contribution in [2.75, 3.05) is 6.54 Å². The molecule has 3 rings (SSSR count). The van der Waals surface area contributed by atoms with Gasteiger partial charge in [-0.3, -0.25) is 0 Å². The molecule has 2 atom stereocenters. The van der Waals surface area contributed by atoms with Gasteiger partial charge >= 0.3 is 0 Å². The molecule has 1 aliphatic heterocycles. The van der Waals surface area contributed by atoms with Gasteiger partial charge in [0, 0.05) is 18.5 Å². The van der Waals surface area contributed by atoms with Gasteiger partial charge in [-0.25, -0.2) is 8.42 Å². The van der Waals surface area contributed by atoms with Gasteiger partial charge in [0.25, 0.3) is 0 Å². The third-order valence-electron chi connectivity index (χ3n) is 4.06. The Labute approximate surface area is 113 Å². The monoisotopic (exact) mass is 285 g/mol. The van der Waals surface area contributed by atoms with Gasteiger partial charge in [0.1, 0.15) is 0 Å². The Morgan fingerprint density at radius 1 is 1.28 bits per heavy atom. The number of alkyl halides is 1. The number of hydrogen-bond acceptors (Lipinski definition) is 2. The maximum absolute atomic E-state index is 12.7. The third kappa shape index (κ3) is 1.87. The largest absolute Gasteiger partial charge is 0.243 e. The quantitative estimate of drug-likeness (QED) is 0.801. The highest BCUT2D eigenvalue weighted by atomic mass is 35.5. The van der Waals surface area contributed by atoms with Crippen LogP contribution in [0, 0.1) is 5.92 Å². The summed E-state index contributed by atoms with van der Waals surface area (Å²) >= 11 is 5.84. The second-order valence-corrected chi connectivity index (χ2v) is 7.28. The first-order valence-corrected chi connectivity index (χ1v) is 8.26. The smallest absolute Gasteiger partial charge is 0.207 e. The lowest BCUT2D eigenvalue weighted by atomic mass is 10.1. The van der Waals surface area contributed by atoms with Crippen molar-refractivity contribution in [3.05, 3.63) is 29.8 Å². The summed E-state index contributed by atoms with van der Waals surface area (Å²) in [7, 11) is -3.36. The minimum absolute atomic E-state index is 0.211. The molecular formula is C13H16ClNO2S. The van der Waals surface area contributed by atoms with Crippen LogP contribution in [0.25, 0.3) is 0 Å². The van der Waals surface area contributed by atoms with Crippen LogP contribution in [0.4, 0.5) is 0 Å². The highest BCUT2D eigenvalue weighted by Crippen LogP contribution is 2.40. The number of piperidine rings is 1. The SMILES string of the molecule is O=S(=O)(c1ccccc1CCl)N1CC2CCC1C2. The van der Waals surface area contributed by atoms with Gasteiger partial charge in [-0.15, -0.1) is 11.6 Å². The summed E-state index contributed by atoms with van der Waals surface area (Å²) < 4.78 is 27.0. The van der Waals surface area contributed by atoms with E-state index in [4.69, 9.17) is 11.6 Å². The van der Waals surface area contributed by atoms with E-state index >= 15 is 0 Å². The zero-order chi connectivity index (χ0) is 12.8. The van der Waals surface area contributed by atoms with Gasteiger partial charge < -0.3 is 0 Å². The lowest BCUT2D eigenvalue weighted by Gasteiger charge is -2.26. The molecule has 18 heavy (non-hydrogen) atoms. The number of fused-ring (bicyclic) bond motifs is 2. The van der Waals surface area contributed by atoms with Crippen molar-refractivity contribution in [2.45, 2.75) is 36.1 Å². The van der Waals surface area contributed by atoms with Crippen molar-refractivity contribution in [1.82, 2.24) is 4.31 Å². The molecule has 1 saturated carbocycles. The molecular weight excluding hydrogens is 270 g/mol. The summed E-state index contributed by atoms with van der Waals surface area (Å²) in [5.41, 5.74) is 0.696. The molecule has 2 fully saturated rings. The molecule has 0 spiro atoms. The highest BCUT2D eigenvalue weighted by molar-refractivity contribution is 7.89. The Morgan fingerprint density at radius 2 is 2.06 bits per heavy atom. The lowest BCUT2D eigenvalue weighted by molar-refractivity contribution is 0.333. The highest BCUT2D eigenvalue weighted by Gasteiger charge is 2.44. The molecule has 1 aliphatic carbocycles. The van der Waals surface area contributed by atoms with Gasteiger partial charge in [0.05, 0.1) is 4.90 Å². The molecule has 5 heteroatoms. The van der Waals surface area contributed by atoms with Crippen molar-refractivity contribution in [3.8, 4) is 0 Å². The second-order valence-electron chi connectivity index (χ2n) is 5.15. The van der Waals surface area contributed by atoms with E-state index < -0.39 is 10.0 Å². The van der Waals surface area contributed by atoms with Crippen LogP contribution >= 0.6 is 11.6 Å². The predicted molar refractivity (Wildman–Crippen MR) is 71.0 cm³/mol. The maximum Gasteiger partial charge on any atom is 0.243 e. The molecule has 1 aromatic carbocycles. The Balaban J connectivity index is 2.00. The van der Waals surface area contributed by atoms with Gasteiger partial charge in [-0.1, -0.05) is 18.2 Å². The average Bonchev–Trinajstić information content (AvgIpc) is 3.01. The Morgan fingerprint density at radius 3 is 2.67 bits per heavy atom. The first-order chi connectivity index (χ1) is 8.63. The summed E-state index contributed by atoms with van der Waals surface area (Å²) in [4.78, 5) is 0.382. The Kier molecular flexibility index (Phi) is 3.12. The van der Waals surface area contributed by atoms with Crippen molar-refractivity contribution >= 4 is 21.6 Å². The lowest BCUT2D eigenvalue weighted by Crippen LogP contribution is -2.37. The molecule has 2 bridgehead atoms. The number of rotatable bonds is 3. The van der Waals surface area contributed by atoms with Crippen molar-refractivity contribution in [2.24, 2.45) is 5.92 Å². The topological polar surface area (TPSA) is 37.4 Å². The van der Waals surface area contributed by atoms with E-state index in [0.717, 1.165) is 12.8 Å². The van der Waals surface area contributed by atoms with Crippen LogP contribution in [0.3, 0.4) is 0 Å². The number of nitrogens with zero attached hydrogens (tertiary/aromatic N) is 1. The molecule has 1 heterocycles. The number of hydrogen-bond donors (Lipinski definition) is 0. The second kappa shape index (κ2) is 4.51. The minimum Gasteiger partial charge on any atom is -0.207 e. The van der Waals surface area contributed by atoms with Crippen LogP contribution in [0.2, 0.25) is 0 Å². The summed E-state index contributed by atoms with van der Waals surface area (Å²) in [5, 5.41) is 0. The van der Waals surface area contributed by atoms with E-state index in [9.17, 15) is 8.42 Å². The van der Waals surface area contributed by atoms with E-state index in [1.807, 2.05) is 6.07 Å². The first-order valence-electron chi connectivity index (χ1n) is 6.28. The first kappa shape index (κ1) is 12.5. The van der Waals surface area contributed by atoms with Gasteiger partial charge in [-0.2, -0.15) is 4.31 Å². The predicted octanol–water partition coefficient (Wildman–Crippen LogP) is 2.60. The fraction of sp³-hybridized carbons (Fsp3) is 0.538. The van der Waals surface area contributed by atoms with E-state index in [2.05, 4.69) is 0 Å². The van der Waals surface area contributed by atoms with Crippen LogP contribution in [0.5, 0.6) is 0 Å². The van der Waals surface area contributed by atoms with Crippen LogP contribution < -0.4 is 0 Å². The zero-order valence-corrected chi connectivity index (χ0v) is 11.6. The van der Waals surface area contributed by atoms with Crippen LogP contribution in [-0.4, -0.2) is 25.3 Å². The molecule has 2 aliphatic rings. The molecule has 3 nitrogen and oxygen atoms in total. The summed E-state index contributed by atoms with van der Waals surface area (Å²) in [6.45, 7) is 0.684. The molecule has 0 amide bonds. The van der Waals surface area contributed by atoms with Gasteiger partial charge in [0.15, 0.2) is 0 Å². The van der Waals surface area contributed by atoms with Crippen LogP contribution in [-0.2, 0) is 15.9 Å². The number of halogens is 1. The molecule has 0 aromatic heterocycles. The molecule has 0 radical (unpaired) electrons. The van der Waals surface area contributed by atoms with Crippen LogP contribution in [0.1, 0.15) is 24.8 Å².